The van der Waals surface area contributed by atoms with Crippen molar-refractivity contribution in [1.29, 1.82) is 0 Å². The zero-order valence-electron chi connectivity index (χ0n) is 45.0. The van der Waals surface area contributed by atoms with Crippen LogP contribution < -0.4 is 11.5 Å². The average Bonchev–Trinajstić information content (AvgIpc) is 4.11. The number of anilines is 2. The van der Waals surface area contributed by atoms with Crippen LogP contribution >= 0.6 is 11.6 Å². The number of aliphatic hydroxyl groups is 3. The summed E-state index contributed by atoms with van der Waals surface area (Å²) in [5, 5.41) is 26.2. The van der Waals surface area contributed by atoms with Crippen molar-refractivity contribution < 1.29 is 66.2 Å². The molecule has 23 heteroatoms. The van der Waals surface area contributed by atoms with Gasteiger partial charge in [-0.15, -0.1) is 11.6 Å². The molecule has 6 aromatic carbocycles. The molecule has 2 aliphatic heterocycles. The number of halogens is 5. The Hall–Kier alpha value is -7.77. The summed E-state index contributed by atoms with van der Waals surface area (Å²) < 4.78 is 82.2. The highest BCUT2D eigenvalue weighted by atomic mass is 35.5. The summed E-state index contributed by atoms with van der Waals surface area (Å²) in [6, 6.07) is 30.2. The van der Waals surface area contributed by atoms with Gasteiger partial charge in [-0.3, -0.25) is 9.59 Å². The second kappa shape index (κ2) is 30.0. The summed E-state index contributed by atoms with van der Waals surface area (Å²) in [7, 11) is 0. The van der Waals surface area contributed by atoms with Crippen molar-refractivity contribution >= 4 is 57.1 Å². The van der Waals surface area contributed by atoms with Crippen LogP contribution in [0.5, 0.6) is 0 Å². The molecule has 0 fully saturated rings. The molecule has 0 saturated carbocycles. The Bertz CT molecular complexity index is 3490. The van der Waals surface area contributed by atoms with Gasteiger partial charge in [-0.25, -0.2) is 37.5 Å². The number of fused-ring (bicyclic) bond motifs is 4. The first-order valence-electron chi connectivity index (χ1n) is 26.4. The molecule has 18 nitrogen and oxygen atoms in total. The molecule has 7 N–H and O–H groups in total. The molecule has 0 saturated heterocycles. The van der Waals surface area contributed by atoms with Crippen LogP contribution in [0.2, 0.25) is 0 Å². The number of rotatable bonds is 22. The minimum Gasteiger partial charge on any atom is -0.394 e. The molecule has 0 radical (unpaired) electrons. The Morgan fingerprint density at radius 1 is 0.470 bits per heavy atom. The van der Waals surface area contributed by atoms with Gasteiger partial charge < -0.3 is 60.3 Å². The maximum Gasteiger partial charge on any atom is 0.273 e. The van der Waals surface area contributed by atoms with Crippen molar-refractivity contribution in [3.63, 3.8) is 0 Å². The Balaban J connectivity index is 0.000000190. The number of nitrogen functional groups attached to an aromatic ring is 2. The number of nitrogens with zero attached hydrogens (tertiary/aromatic N) is 6. The molecule has 436 valence electrons. The molecule has 0 spiro atoms. The number of carbonyl (C=O) groups is 2. The van der Waals surface area contributed by atoms with Crippen molar-refractivity contribution in [2.75, 3.05) is 90.7 Å². The number of nitrogens with two attached hydrogens (primary N) is 2. The third-order valence-electron chi connectivity index (χ3n) is 13.2. The zero-order valence-corrected chi connectivity index (χ0v) is 45.8. The Morgan fingerprint density at radius 2 is 0.819 bits per heavy atom. The quantitative estimate of drug-likeness (QED) is 0.0246. The number of amides is 2. The van der Waals surface area contributed by atoms with Crippen LogP contribution in [-0.4, -0.2) is 136 Å². The summed E-state index contributed by atoms with van der Waals surface area (Å²) in [5.41, 5.74) is 20.2. The summed E-state index contributed by atoms with van der Waals surface area (Å²) in [6.45, 7) is 4.96. The Labute approximate surface area is 480 Å². The van der Waals surface area contributed by atoms with E-state index in [2.05, 4.69) is 19.9 Å². The third-order valence-corrected chi connectivity index (χ3v) is 13.5. The van der Waals surface area contributed by atoms with Gasteiger partial charge in [0.05, 0.1) is 96.9 Å². The van der Waals surface area contributed by atoms with Crippen molar-refractivity contribution in [3.05, 3.63) is 177 Å². The molecule has 2 aliphatic rings. The highest BCUT2D eigenvalue weighted by molar-refractivity contribution is 6.17. The van der Waals surface area contributed by atoms with Crippen LogP contribution in [0.4, 0.5) is 29.5 Å². The number of ether oxygens (including phenoxy) is 5. The maximum absolute atomic E-state index is 14.4. The smallest absolute Gasteiger partial charge is 0.273 e. The second-order valence-electron chi connectivity index (χ2n) is 18.8. The van der Waals surface area contributed by atoms with E-state index in [-0.39, 0.29) is 87.2 Å². The SMILES string of the molecule is Nc1nc(C(=O)N2Cc3ccccc3C2)c2cc(-c3cc(F)c(F)cc3CCl)ccc2n1.Nc1nc(C(=O)N2Cc3ccccc3C2)c2cc(-c3cc(F)c(F)cc3COCCOCCOCCO)ccc2n1.OCCOCCOCCO. The maximum atomic E-state index is 14.4. The van der Waals surface area contributed by atoms with E-state index in [1.807, 2.05) is 48.5 Å². The van der Waals surface area contributed by atoms with E-state index in [9.17, 15) is 27.2 Å². The number of alkyl halides is 1. The largest absolute Gasteiger partial charge is 0.394 e. The number of carbonyl (C=O) groups excluding carboxylic acids is 2. The van der Waals surface area contributed by atoms with Gasteiger partial charge in [0.25, 0.3) is 11.8 Å². The van der Waals surface area contributed by atoms with Gasteiger partial charge in [-0.1, -0.05) is 60.7 Å². The first kappa shape index (κ1) is 61.3. The molecule has 2 amide bonds. The van der Waals surface area contributed by atoms with Crippen molar-refractivity contribution in [1.82, 2.24) is 29.7 Å². The minimum atomic E-state index is -1.00. The molecule has 0 bridgehead atoms. The average molecular weight is 1170 g/mol. The number of hydrogen-bond acceptors (Lipinski definition) is 16. The summed E-state index contributed by atoms with van der Waals surface area (Å²) >= 11 is 5.97. The van der Waals surface area contributed by atoms with E-state index in [0.717, 1.165) is 46.5 Å². The van der Waals surface area contributed by atoms with E-state index >= 15 is 0 Å². The standard InChI is InChI=1S/C30H30F2N4O5.C24H17ClF2N4O.C6H14O4/c31-25-14-22(18-41-12-11-40-10-9-39-8-7-37)23(15-26(25)32)19-5-6-27-24(13-19)28(35-30(33)34-27)29(38)36-16-20-3-1-2-4-21(20)17-36;25-10-16-8-19(26)20(27)9-17(16)13-5-6-21-18(7-13)22(30-24(28)29-21)23(32)31-11-14-3-1-2-4-15(14)12-31;7-1-3-9-5-6-10-4-2-8/h1-6,13-15,37H,7-12,16-18H2,(H2,33,34,35);1-9H,10-12H2,(H2,28,29,30);7-8H,1-6H2. The molecule has 0 aliphatic carbocycles. The van der Waals surface area contributed by atoms with Crippen LogP contribution in [0.1, 0.15) is 54.4 Å². The van der Waals surface area contributed by atoms with Gasteiger partial charge in [-0.2, -0.15) is 0 Å². The van der Waals surface area contributed by atoms with Gasteiger partial charge in [0.15, 0.2) is 23.3 Å². The number of hydrogen-bond donors (Lipinski definition) is 5. The van der Waals surface area contributed by atoms with E-state index in [1.54, 1.807) is 46.2 Å². The van der Waals surface area contributed by atoms with Crippen LogP contribution in [0.25, 0.3) is 44.1 Å². The van der Waals surface area contributed by atoms with Crippen molar-refractivity contribution in [3.8, 4) is 22.3 Å². The predicted molar refractivity (Wildman–Crippen MR) is 302 cm³/mol. The number of aliphatic hydroxyl groups excluding tert-OH is 3. The second-order valence-corrected chi connectivity index (χ2v) is 19.1. The van der Waals surface area contributed by atoms with Gasteiger partial charge in [-0.05, 0) is 104 Å². The fourth-order valence-corrected chi connectivity index (χ4v) is 9.51. The molecular formula is C60H61ClF4N8O10. The van der Waals surface area contributed by atoms with Crippen LogP contribution in [0, 0.1) is 23.3 Å². The van der Waals surface area contributed by atoms with Gasteiger partial charge >= 0.3 is 0 Å². The van der Waals surface area contributed by atoms with E-state index in [0.29, 0.717) is 121 Å². The lowest BCUT2D eigenvalue weighted by Crippen LogP contribution is -2.27. The summed E-state index contributed by atoms with van der Waals surface area (Å²) in [4.78, 5) is 47.4. The molecule has 8 aromatic rings. The Morgan fingerprint density at radius 3 is 1.20 bits per heavy atom. The van der Waals surface area contributed by atoms with Crippen LogP contribution in [-0.2, 0) is 62.4 Å². The van der Waals surface area contributed by atoms with E-state index in [1.165, 1.54) is 0 Å². The third kappa shape index (κ3) is 15.9. The monoisotopic (exact) mass is 1160 g/mol. The van der Waals surface area contributed by atoms with Crippen molar-refractivity contribution in [2.45, 2.75) is 38.7 Å². The fourth-order valence-electron chi connectivity index (χ4n) is 9.29. The summed E-state index contributed by atoms with van der Waals surface area (Å²) in [6.07, 6.45) is 0. The lowest BCUT2D eigenvalue weighted by Gasteiger charge is -2.17. The minimum absolute atomic E-state index is 0.000627. The van der Waals surface area contributed by atoms with Gasteiger partial charge in [0, 0.05) is 42.8 Å². The number of benzene rings is 6. The van der Waals surface area contributed by atoms with Crippen LogP contribution in [0.15, 0.2) is 109 Å². The lowest BCUT2D eigenvalue weighted by molar-refractivity contribution is 0.00453. The molecule has 2 aromatic heterocycles. The summed E-state index contributed by atoms with van der Waals surface area (Å²) in [5.74, 6) is -4.57. The topological polar surface area (TPSA) is 251 Å². The predicted octanol–water partition coefficient (Wildman–Crippen LogP) is 7.91. The van der Waals surface area contributed by atoms with E-state index < -0.39 is 23.3 Å². The zero-order chi connectivity index (χ0) is 58.8. The lowest BCUT2D eigenvalue weighted by atomic mass is 9.97. The molecule has 83 heavy (non-hydrogen) atoms. The van der Waals surface area contributed by atoms with Gasteiger partial charge in [0.2, 0.25) is 11.9 Å². The van der Waals surface area contributed by atoms with Crippen molar-refractivity contribution in [2.24, 2.45) is 0 Å². The van der Waals surface area contributed by atoms with Gasteiger partial charge in [0.1, 0.15) is 11.4 Å². The van der Waals surface area contributed by atoms with Crippen LogP contribution in [0.3, 0.4) is 0 Å². The normalized spacial score (nSPS) is 12.5. The highest BCUT2D eigenvalue weighted by Gasteiger charge is 2.29. The molecule has 10 rings (SSSR count). The molecular weight excluding hydrogens is 1100 g/mol. The highest BCUT2D eigenvalue weighted by Crippen LogP contribution is 2.35. The Kier molecular flexibility index (Phi) is 22.1. The number of aromatic nitrogens is 4. The molecule has 4 heterocycles. The molecule has 0 atom stereocenters. The first-order valence-corrected chi connectivity index (χ1v) is 26.9. The fraction of sp³-hybridized carbons (Fsp3) is 0.300. The molecule has 0 unspecified atom stereocenters. The first-order chi connectivity index (χ1) is 40.3. The van der Waals surface area contributed by atoms with E-state index in [4.69, 9.17) is 62.1 Å².